The molecule has 1 amide bonds. The van der Waals surface area contributed by atoms with Crippen LogP contribution >= 0.6 is 0 Å². The topological polar surface area (TPSA) is 62.1 Å². The summed E-state index contributed by atoms with van der Waals surface area (Å²) < 4.78 is 4.77. The zero-order valence-electron chi connectivity index (χ0n) is 8.17. The van der Waals surface area contributed by atoms with Crippen LogP contribution in [0.15, 0.2) is 0 Å². The van der Waals surface area contributed by atoms with E-state index in [0.717, 1.165) is 6.42 Å². The van der Waals surface area contributed by atoms with Gasteiger partial charge in [0.2, 0.25) is 5.91 Å². The lowest BCUT2D eigenvalue weighted by molar-refractivity contribution is -0.123. The maximum absolute atomic E-state index is 11.2. The van der Waals surface area contributed by atoms with Crippen molar-refractivity contribution < 1.29 is 9.53 Å². The molecule has 0 aliphatic rings. The summed E-state index contributed by atoms with van der Waals surface area (Å²) in [7, 11) is 1.57. The molecule has 74 valence electrons. The highest BCUT2D eigenvalue weighted by molar-refractivity contribution is 5.80. The summed E-state index contributed by atoms with van der Waals surface area (Å²) in [5, 5.41) is 11.3. The Balaban J connectivity index is 3.73. The SMILES string of the molecule is CCCC(C#N)C(=O)NCCOC. The van der Waals surface area contributed by atoms with Gasteiger partial charge in [0.25, 0.3) is 0 Å². The van der Waals surface area contributed by atoms with Gasteiger partial charge >= 0.3 is 0 Å². The fraction of sp³-hybridized carbons (Fsp3) is 0.778. The molecule has 0 spiro atoms. The second-order valence-corrected chi connectivity index (χ2v) is 2.75. The molecule has 0 saturated heterocycles. The second-order valence-electron chi connectivity index (χ2n) is 2.75. The summed E-state index contributed by atoms with van der Waals surface area (Å²) in [6.07, 6.45) is 1.46. The molecule has 0 aliphatic heterocycles. The molecule has 0 aliphatic carbocycles. The Labute approximate surface area is 78.9 Å². The van der Waals surface area contributed by atoms with Crippen molar-refractivity contribution in [3.05, 3.63) is 0 Å². The number of amides is 1. The van der Waals surface area contributed by atoms with Gasteiger partial charge in [-0.05, 0) is 6.42 Å². The number of nitriles is 1. The molecule has 0 bridgehead atoms. The van der Waals surface area contributed by atoms with Crippen LogP contribution in [0.4, 0.5) is 0 Å². The van der Waals surface area contributed by atoms with Gasteiger partial charge in [0.05, 0.1) is 12.7 Å². The molecule has 0 saturated carbocycles. The summed E-state index contributed by atoms with van der Waals surface area (Å²) in [5.41, 5.74) is 0. The van der Waals surface area contributed by atoms with Gasteiger partial charge in [-0.2, -0.15) is 5.26 Å². The van der Waals surface area contributed by atoms with Gasteiger partial charge in [-0.25, -0.2) is 0 Å². The molecule has 1 unspecified atom stereocenters. The first kappa shape index (κ1) is 11.9. The number of nitrogens with zero attached hydrogens (tertiary/aromatic N) is 1. The molecule has 4 heteroatoms. The fourth-order valence-electron chi connectivity index (χ4n) is 0.942. The molecular formula is C9H16N2O2. The minimum Gasteiger partial charge on any atom is -0.383 e. The van der Waals surface area contributed by atoms with E-state index in [4.69, 9.17) is 10.00 Å². The number of carbonyl (C=O) groups is 1. The van der Waals surface area contributed by atoms with Gasteiger partial charge in [-0.1, -0.05) is 13.3 Å². The summed E-state index contributed by atoms with van der Waals surface area (Å²) >= 11 is 0. The van der Waals surface area contributed by atoms with Crippen LogP contribution in [0, 0.1) is 17.2 Å². The van der Waals surface area contributed by atoms with Gasteiger partial charge in [0.15, 0.2) is 0 Å². The van der Waals surface area contributed by atoms with E-state index in [9.17, 15) is 4.79 Å². The van der Waals surface area contributed by atoms with Gasteiger partial charge in [0, 0.05) is 13.7 Å². The molecule has 13 heavy (non-hydrogen) atoms. The number of rotatable bonds is 6. The van der Waals surface area contributed by atoms with Gasteiger partial charge < -0.3 is 10.1 Å². The van der Waals surface area contributed by atoms with E-state index >= 15 is 0 Å². The molecular weight excluding hydrogens is 168 g/mol. The van der Waals surface area contributed by atoms with Crippen LogP contribution in [-0.2, 0) is 9.53 Å². The molecule has 0 fully saturated rings. The van der Waals surface area contributed by atoms with Crippen LogP contribution in [0.1, 0.15) is 19.8 Å². The van der Waals surface area contributed by atoms with E-state index in [-0.39, 0.29) is 5.91 Å². The highest BCUT2D eigenvalue weighted by Gasteiger charge is 2.15. The van der Waals surface area contributed by atoms with Crippen molar-refractivity contribution in [1.29, 1.82) is 5.26 Å². The average Bonchev–Trinajstić information content (AvgIpc) is 2.14. The standard InChI is InChI=1S/C9H16N2O2/c1-3-4-8(7-10)9(12)11-5-6-13-2/h8H,3-6H2,1-2H3,(H,11,12). The van der Waals surface area contributed by atoms with Crippen molar-refractivity contribution in [2.45, 2.75) is 19.8 Å². The van der Waals surface area contributed by atoms with Crippen molar-refractivity contribution in [2.75, 3.05) is 20.3 Å². The van der Waals surface area contributed by atoms with Gasteiger partial charge in [-0.3, -0.25) is 4.79 Å². The van der Waals surface area contributed by atoms with Crippen molar-refractivity contribution in [1.82, 2.24) is 5.32 Å². The molecule has 0 heterocycles. The van der Waals surface area contributed by atoms with E-state index in [2.05, 4.69) is 5.32 Å². The third kappa shape index (κ3) is 5.21. The van der Waals surface area contributed by atoms with E-state index in [1.807, 2.05) is 13.0 Å². The van der Waals surface area contributed by atoms with Crippen LogP contribution < -0.4 is 5.32 Å². The van der Waals surface area contributed by atoms with Crippen molar-refractivity contribution in [3.8, 4) is 6.07 Å². The Morgan fingerprint density at radius 3 is 2.85 bits per heavy atom. The van der Waals surface area contributed by atoms with Crippen molar-refractivity contribution >= 4 is 5.91 Å². The second kappa shape index (κ2) is 7.56. The minimum absolute atomic E-state index is 0.193. The van der Waals surface area contributed by atoms with Crippen LogP contribution in [0.5, 0.6) is 0 Å². The average molecular weight is 184 g/mol. The molecule has 0 rings (SSSR count). The Hall–Kier alpha value is -1.08. The number of ether oxygens (including phenoxy) is 1. The molecule has 1 atom stereocenters. The molecule has 0 aromatic rings. The number of carbonyl (C=O) groups excluding carboxylic acids is 1. The maximum Gasteiger partial charge on any atom is 0.237 e. The Kier molecular flexibility index (Phi) is 6.93. The largest absolute Gasteiger partial charge is 0.383 e. The number of methoxy groups -OCH3 is 1. The van der Waals surface area contributed by atoms with Gasteiger partial charge in [-0.15, -0.1) is 0 Å². The molecule has 0 aromatic heterocycles. The maximum atomic E-state index is 11.2. The smallest absolute Gasteiger partial charge is 0.237 e. The quantitative estimate of drug-likeness (QED) is 0.618. The van der Waals surface area contributed by atoms with E-state index in [0.29, 0.717) is 19.6 Å². The van der Waals surface area contributed by atoms with Crippen molar-refractivity contribution in [2.24, 2.45) is 5.92 Å². The van der Waals surface area contributed by atoms with Crippen LogP contribution in [-0.4, -0.2) is 26.2 Å². The predicted octanol–water partition coefficient (Wildman–Crippen LogP) is 0.689. The lowest BCUT2D eigenvalue weighted by Crippen LogP contribution is -2.32. The molecule has 0 radical (unpaired) electrons. The first-order chi connectivity index (χ1) is 6.26. The monoisotopic (exact) mass is 184 g/mol. The fourth-order valence-corrected chi connectivity index (χ4v) is 0.942. The normalized spacial score (nSPS) is 11.8. The first-order valence-electron chi connectivity index (χ1n) is 4.42. The highest BCUT2D eigenvalue weighted by Crippen LogP contribution is 2.03. The Bertz CT molecular complexity index is 187. The van der Waals surface area contributed by atoms with Crippen LogP contribution in [0.2, 0.25) is 0 Å². The van der Waals surface area contributed by atoms with E-state index in [1.165, 1.54) is 0 Å². The number of nitrogens with one attached hydrogen (secondary N) is 1. The predicted molar refractivity (Wildman–Crippen MR) is 48.9 cm³/mol. The minimum atomic E-state index is -0.512. The summed E-state index contributed by atoms with van der Waals surface area (Å²) in [6.45, 7) is 2.90. The van der Waals surface area contributed by atoms with E-state index < -0.39 is 5.92 Å². The Morgan fingerprint density at radius 1 is 1.69 bits per heavy atom. The molecule has 4 nitrogen and oxygen atoms in total. The summed E-state index contributed by atoms with van der Waals surface area (Å²) in [6, 6.07) is 1.98. The van der Waals surface area contributed by atoms with Crippen LogP contribution in [0.25, 0.3) is 0 Å². The Morgan fingerprint density at radius 2 is 2.38 bits per heavy atom. The summed E-state index contributed by atoms with van der Waals surface area (Å²) in [4.78, 5) is 11.2. The highest BCUT2D eigenvalue weighted by atomic mass is 16.5. The molecule has 1 N–H and O–H groups in total. The number of hydrogen-bond acceptors (Lipinski definition) is 3. The van der Waals surface area contributed by atoms with E-state index in [1.54, 1.807) is 7.11 Å². The zero-order valence-corrected chi connectivity index (χ0v) is 8.17. The van der Waals surface area contributed by atoms with Crippen molar-refractivity contribution in [3.63, 3.8) is 0 Å². The zero-order chi connectivity index (χ0) is 10.1. The first-order valence-corrected chi connectivity index (χ1v) is 4.42. The van der Waals surface area contributed by atoms with Crippen LogP contribution in [0.3, 0.4) is 0 Å². The number of hydrogen-bond donors (Lipinski definition) is 1. The van der Waals surface area contributed by atoms with Gasteiger partial charge in [0.1, 0.15) is 5.92 Å². The lowest BCUT2D eigenvalue weighted by Gasteiger charge is -2.08. The summed E-state index contributed by atoms with van der Waals surface area (Å²) in [5.74, 6) is -0.705. The lowest BCUT2D eigenvalue weighted by atomic mass is 10.1. The third-order valence-corrected chi connectivity index (χ3v) is 1.66. The molecule has 0 aromatic carbocycles. The third-order valence-electron chi connectivity index (χ3n) is 1.66.